The molecule has 5 nitrogen and oxygen atoms in total. The van der Waals surface area contributed by atoms with Crippen LogP contribution in [0.3, 0.4) is 0 Å². The average Bonchev–Trinajstić information content (AvgIpc) is 2.97. The lowest BCUT2D eigenvalue weighted by Gasteiger charge is -2.39. The number of amides is 1. The van der Waals surface area contributed by atoms with E-state index in [4.69, 9.17) is 4.74 Å². The molecule has 1 amide bonds. The van der Waals surface area contributed by atoms with Crippen LogP contribution < -0.4 is 5.32 Å². The van der Waals surface area contributed by atoms with Gasteiger partial charge in [0, 0.05) is 19.7 Å². The van der Waals surface area contributed by atoms with Gasteiger partial charge in [0.05, 0.1) is 11.5 Å². The molecule has 2 aliphatic rings. The summed E-state index contributed by atoms with van der Waals surface area (Å²) in [6, 6.07) is 10.1. The van der Waals surface area contributed by atoms with Crippen LogP contribution in [0, 0.1) is 0 Å². The number of aliphatic hydroxyl groups excluding tert-OH is 1. The molecule has 0 spiro atoms. The van der Waals surface area contributed by atoms with Crippen LogP contribution in [0.2, 0.25) is 0 Å². The minimum absolute atomic E-state index is 0.131. The Bertz CT molecular complexity index is 528. The zero-order chi connectivity index (χ0) is 16.3. The molecule has 0 aliphatic carbocycles. The Morgan fingerprint density at radius 2 is 2.00 bits per heavy atom. The molecule has 2 unspecified atom stereocenters. The largest absolute Gasteiger partial charge is 0.388 e. The summed E-state index contributed by atoms with van der Waals surface area (Å²) in [5.74, 6) is 0.131. The van der Waals surface area contributed by atoms with Crippen LogP contribution in [0.4, 0.5) is 0 Å². The lowest BCUT2D eigenvalue weighted by Crippen LogP contribution is -2.52. The maximum Gasteiger partial charge on any atom is 0.233 e. The van der Waals surface area contributed by atoms with Crippen molar-refractivity contribution in [3.8, 4) is 0 Å². The molecule has 2 N–H and O–H groups in total. The smallest absolute Gasteiger partial charge is 0.233 e. The minimum Gasteiger partial charge on any atom is -0.388 e. The molecule has 126 valence electrons. The normalized spacial score (nSPS) is 27.1. The van der Waals surface area contributed by atoms with Gasteiger partial charge in [-0.15, -0.1) is 0 Å². The van der Waals surface area contributed by atoms with Gasteiger partial charge in [-0.2, -0.15) is 0 Å². The second-order valence-corrected chi connectivity index (χ2v) is 6.47. The molecule has 2 atom stereocenters. The molecular weight excluding hydrogens is 292 g/mol. The monoisotopic (exact) mass is 318 g/mol. The van der Waals surface area contributed by atoms with Crippen molar-refractivity contribution in [2.75, 3.05) is 32.8 Å². The molecule has 1 aromatic rings. The number of carbonyl (C=O) groups is 1. The molecule has 5 heteroatoms. The van der Waals surface area contributed by atoms with Gasteiger partial charge in [-0.05, 0) is 38.4 Å². The summed E-state index contributed by atoms with van der Waals surface area (Å²) < 4.78 is 5.57. The predicted molar refractivity (Wildman–Crippen MR) is 88.2 cm³/mol. The molecule has 0 bridgehead atoms. The molecule has 3 rings (SSSR count). The number of nitrogens with one attached hydrogen (secondary N) is 1. The van der Waals surface area contributed by atoms with Crippen molar-refractivity contribution in [2.45, 2.75) is 37.4 Å². The molecule has 23 heavy (non-hydrogen) atoms. The average molecular weight is 318 g/mol. The summed E-state index contributed by atoms with van der Waals surface area (Å²) >= 11 is 0. The van der Waals surface area contributed by atoms with Crippen molar-refractivity contribution in [3.05, 3.63) is 35.9 Å². The number of aliphatic hydroxyl groups is 1. The van der Waals surface area contributed by atoms with Gasteiger partial charge in [0.15, 0.2) is 0 Å². The summed E-state index contributed by atoms with van der Waals surface area (Å²) in [7, 11) is 0. The quantitative estimate of drug-likeness (QED) is 0.866. The number of likely N-dealkylation sites (tertiary alicyclic amines) is 1. The molecule has 2 saturated heterocycles. The number of piperidine rings is 1. The second-order valence-electron chi connectivity index (χ2n) is 6.47. The maximum atomic E-state index is 13.3. The van der Waals surface area contributed by atoms with E-state index < -0.39 is 11.5 Å². The highest BCUT2D eigenvalue weighted by Crippen LogP contribution is 2.36. The van der Waals surface area contributed by atoms with Gasteiger partial charge in [-0.1, -0.05) is 30.3 Å². The maximum absolute atomic E-state index is 13.3. The third kappa shape index (κ3) is 3.13. The fourth-order valence-electron chi connectivity index (χ4n) is 3.84. The number of rotatable bonds is 4. The van der Waals surface area contributed by atoms with Crippen LogP contribution in [-0.4, -0.2) is 60.9 Å². The fraction of sp³-hybridized carbons (Fsp3) is 0.611. The van der Waals surface area contributed by atoms with Crippen molar-refractivity contribution in [1.29, 1.82) is 0 Å². The summed E-state index contributed by atoms with van der Waals surface area (Å²) in [5.41, 5.74) is 0.605. The second kappa shape index (κ2) is 6.99. The van der Waals surface area contributed by atoms with Crippen LogP contribution in [0.25, 0.3) is 0 Å². The van der Waals surface area contributed by atoms with Gasteiger partial charge < -0.3 is 20.1 Å². The minimum atomic E-state index is -0.589. The lowest BCUT2D eigenvalue weighted by molar-refractivity contribution is -0.138. The van der Waals surface area contributed by atoms with E-state index in [0.717, 1.165) is 31.5 Å². The van der Waals surface area contributed by atoms with Gasteiger partial charge in [0.2, 0.25) is 5.91 Å². The van der Waals surface area contributed by atoms with Gasteiger partial charge in [-0.3, -0.25) is 4.79 Å². The van der Waals surface area contributed by atoms with E-state index >= 15 is 0 Å². The summed E-state index contributed by atoms with van der Waals surface area (Å²) in [4.78, 5) is 15.1. The first-order chi connectivity index (χ1) is 11.2. The molecule has 1 aromatic carbocycles. The van der Waals surface area contributed by atoms with Crippen molar-refractivity contribution in [1.82, 2.24) is 10.2 Å². The molecule has 2 heterocycles. The van der Waals surface area contributed by atoms with E-state index in [1.165, 1.54) is 0 Å². The molecular formula is C18H26N2O3. The van der Waals surface area contributed by atoms with Crippen molar-refractivity contribution in [2.24, 2.45) is 0 Å². The Morgan fingerprint density at radius 1 is 1.30 bits per heavy atom. The molecule has 2 aliphatic heterocycles. The summed E-state index contributed by atoms with van der Waals surface area (Å²) in [6.45, 7) is 4.99. The fourth-order valence-corrected chi connectivity index (χ4v) is 3.84. The van der Waals surface area contributed by atoms with E-state index in [1.807, 2.05) is 25.1 Å². The molecule has 2 fully saturated rings. The number of benzene rings is 1. The Morgan fingerprint density at radius 3 is 2.65 bits per heavy atom. The van der Waals surface area contributed by atoms with Crippen molar-refractivity contribution >= 4 is 5.91 Å². The third-order valence-corrected chi connectivity index (χ3v) is 5.10. The van der Waals surface area contributed by atoms with E-state index in [2.05, 4.69) is 17.4 Å². The Labute approximate surface area is 137 Å². The number of ether oxygens (including phenoxy) is 1. The number of hydrogen-bond acceptors (Lipinski definition) is 4. The number of β-amino-alcohol motifs (C(OH)–C–C–N with tert-alkyl or cyclic N) is 1. The van der Waals surface area contributed by atoms with E-state index in [-0.39, 0.29) is 12.0 Å². The van der Waals surface area contributed by atoms with Crippen LogP contribution in [0.15, 0.2) is 30.3 Å². The summed E-state index contributed by atoms with van der Waals surface area (Å²) in [6.07, 6.45) is 0.732. The number of carbonyl (C=O) groups excluding carboxylic acids is 1. The SMILES string of the molecule is CCOC1CN(C(=O)C2(c3ccccc3)CCNCC2)CC1O. The lowest BCUT2D eigenvalue weighted by atomic mass is 9.72. The topological polar surface area (TPSA) is 61.8 Å². The first-order valence-electron chi connectivity index (χ1n) is 8.52. The highest BCUT2D eigenvalue weighted by Gasteiger charge is 2.46. The standard InChI is InChI=1S/C18H26N2O3/c1-2-23-16-13-20(12-15(16)21)17(22)18(8-10-19-11-9-18)14-6-4-3-5-7-14/h3-7,15-16,19,21H,2,8-13H2,1H3. The van der Waals surface area contributed by atoms with Gasteiger partial charge in [-0.25, -0.2) is 0 Å². The first kappa shape index (κ1) is 16.4. The Hall–Kier alpha value is -1.43. The van der Waals surface area contributed by atoms with Crippen LogP contribution in [0.5, 0.6) is 0 Å². The van der Waals surface area contributed by atoms with Gasteiger partial charge in [0.1, 0.15) is 6.10 Å². The number of nitrogens with zero attached hydrogens (tertiary/aromatic N) is 1. The third-order valence-electron chi connectivity index (χ3n) is 5.10. The zero-order valence-corrected chi connectivity index (χ0v) is 13.7. The summed E-state index contributed by atoms with van der Waals surface area (Å²) in [5, 5.41) is 13.5. The Kier molecular flexibility index (Phi) is 4.99. The highest BCUT2D eigenvalue weighted by atomic mass is 16.5. The van der Waals surface area contributed by atoms with Crippen LogP contribution in [0.1, 0.15) is 25.3 Å². The van der Waals surface area contributed by atoms with Crippen LogP contribution in [-0.2, 0) is 14.9 Å². The predicted octanol–water partition coefficient (Wildman–Crippen LogP) is 0.916. The Balaban J connectivity index is 1.85. The molecule has 0 aromatic heterocycles. The first-order valence-corrected chi connectivity index (χ1v) is 8.52. The van der Waals surface area contributed by atoms with E-state index in [1.54, 1.807) is 4.90 Å². The van der Waals surface area contributed by atoms with Gasteiger partial charge >= 0.3 is 0 Å². The van der Waals surface area contributed by atoms with E-state index in [0.29, 0.717) is 19.7 Å². The zero-order valence-electron chi connectivity index (χ0n) is 13.7. The van der Waals surface area contributed by atoms with Crippen molar-refractivity contribution in [3.63, 3.8) is 0 Å². The molecule has 0 radical (unpaired) electrons. The van der Waals surface area contributed by atoms with E-state index in [9.17, 15) is 9.90 Å². The number of hydrogen-bond donors (Lipinski definition) is 2. The van der Waals surface area contributed by atoms with Gasteiger partial charge in [0.25, 0.3) is 0 Å². The van der Waals surface area contributed by atoms with Crippen LogP contribution >= 0.6 is 0 Å². The van der Waals surface area contributed by atoms with Crippen molar-refractivity contribution < 1.29 is 14.6 Å². The highest BCUT2D eigenvalue weighted by molar-refractivity contribution is 5.89. The molecule has 0 saturated carbocycles.